The molecular formula is C19H23ClN2O3S. The van der Waals surface area contributed by atoms with Gasteiger partial charge in [0.1, 0.15) is 0 Å². The summed E-state index contributed by atoms with van der Waals surface area (Å²) in [7, 11) is -3.48. The Morgan fingerprint density at radius 2 is 1.73 bits per heavy atom. The normalized spacial score (nSPS) is 12.8. The van der Waals surface area contributed by atoms with E-state index in [1.54, 1.807) is 12.1 Å². The molecule has 0 aliphatic heterocycles. The Morgan fingerprint density at radius 3 is 2.31 bits per heavy atom. The molecule has 1 atom stereocenters. The van der Waals surface area contributed by atoms with E-state index < -0.39 is 10.0 Å². The number of carbonyl (C=O) groups is 1. The van der Waals surface area contributed by atoms with Crippen LogP contribution < -0.4 is 5.32 Å². The van der Waals surface area contributed by atoms with Gasteiger partial charge in [-0.05, 0) is 36.6 Å². The molecule has 26 heavy (non-hydrogen) atoms. The third-order valence-electron chi connectivity index (χ3n) is 4.03. The first-order chi connectivity index (χ1) is 12.3. The highest BCUT2D eigenvalue weighted by Gasteiger charge is 2.21. The van der Waals surface area contributed by atoms with E-state index in [-0.39, 0.29) is 25.0 Å². The van der Waals surface area contributed by atoms with Gasteiger partial charge in [-0.3, -0.25) is 4.79 Å². The molecule has 7 heteroatoms. The Morgan fingerprint density at radius 1 is 1.12 bits per heavy atom. The van der Waals surface area contributed by atoms with Crippen molar-refractivity contribution < 1.29 is 13.2 Å². The summed E-state index contributed by atoms with van der Waals surface area (Å²) in [5.41, 5.74) is 1.93. The molecule has 0 heterocycles. The number of amides is 1. The van der Waals surface area contributed by atoms with Gasteiger partial charge in [0.2, 0.25) is 15.9 Å². The number of hydrogen-bond donors (Lipinski definition) is 1. The second-order valence-electron chi connectivity index (χ2n) is 6.17. The van der Waals surface area contributed by atoms with Gasteiger partial charge in [0.15, 0.2) is 0 Å². The second-order valence-corrected chi connectivity index (χ2v) is 8.59. The molecule has 0 radical (unpaired) electrons. The zero-order valence-corrected chi connectivity index (χ0v) is 16.4. The van der Waals surface area contributed by atoms with Crippen molar-refractivity contribution in [3.63, 3.8) is 0 Å². The maximum Gasteiger partial charge on any atom is 0.235 e. The van der Waals surface area contributed by atoms with Crippen LogP contribution in [0.3, 0.4) is 0 Å². The number of nitrogens with zero attached hydrogens (tertiary/aromatic N) is 1. The lowest BCUT2D eigenvalue weighted by Gasteiger charge is -2.21. The summed E-state index contributed by atoms with van der Waals surface area (Å²) >= 11 is 5.87. The van der Waals surface area contributed by atoms with E-state index in [1.165, 1.54) is 4.31 Å². The molecule has 0 aromatic heterocycles. The van der Waals surface area contributed by atoms with Gasteiger partial charge < -0.3 is 5.32 Å². The van der Waals surface area contributed by atoms with Crippen LogP contribution >= 0.6 is 11.6 Å². The molecule has 0 aliphatic rings. The van der Waals surface area contributed by atoms with Gasteiger partial charge in [0.25, 0.3) is 0 Å². The maximum atomic E-state index is 12.3. The van der Waals surface area contributed by atoms with Gasteiger partial charge in [0.05, 0.1) is 18.8 Å². The molecule has 140 valence electrons. The third-order valence-corrected chi connectivity index (χ3v) is 5.53. The molecule has 1 N–H and O–H groups in total. The van der Waals surface area contributed by atoms with E-state index in [4.69, 9.17) is 11.6 Å². The minimum absolute atomic E-state index is 0.205. The van der Waals surface area contributed by atoms with Crippen molar-refractivity contribution in [2.45, 2.75) is 19.4 Å². The molecule has 0 unspecified atom stereocenters. The number of sulfonamides is 1. The summed E-state index contributed by atoms with van der Waals surface area (Å²) in [6.07, 6.45) is 1.67. The highest BCUT2D eigenvalue weighted by molar-refractivity contribution is 7.88. The highest BCUT2D eigenvalue weighted by atomic mass is 35.5. The highest BCUT2D eigenvalue weighted by Crippen LogP contribution is 2.16. The Kier molecular flexibility index (Phi) is 7.20. The first-order valence-corrected chi connectivity index (χ1v) is 10.5. The van der Waals surface area contributed by atoms with E-state index in [1.807, 2.05) is 49.4 Å². The summed E-state index contributed by atoms with van der Waals surface area (Å²) in [4.78, 5) is 12.3. The zero-order valence-electron chi connectivity index (χ0n) is 14.9. The van der Waals surface area contributed by atoms with E-state index in [0.717, 1.165) is 17.4 Å². The number of carbonyl (C=O) groups excluding carboxylic acids is 1. The quantitative estimate of drug-likeness (QED) is 0.748. The molecular weight excluding hydrogens is 372 g/mol. The number of hydrogen-bond acceptors (Lipinski definition) is 3. The van der Waals surface area contributed by atoms with E-state index in [2.05, 4.69) is 5.32 Å². The van der Waals surface area contributed by atoms with Crippen LogP contribution in [0.2, 0.25) is 5.02 Å². The third kappa shape index (κ3) is 6.44. The standard InChI is InChI=1S/C19H23ClN2O3S/c1-15(17-8-10-18(20)11-9-17)21-19(23)14-22(26(2,24)25)13-12-16-6-4-3-5-7-16/h3-11,15H,12-14H2,1-2H3,(H,21,23)/t15-/m0/s1. The Balaban J connectivity index is 1.96. The first kappa shape index (κ1) is 20.4. The number of rotatable bonds is 8. The van der Waals surface area contributed by atoms with Gasteiger partial charge >= 0.3 is 0 Å². The maximum absolute atomic E-state index is 12.3. The Bertz CT molecular complexity index is 824. The van der Waals surface area contributed by atoms with Crippen LogP contribution in [0.5, 0.6) is 0 Å². The molecule has 2 rings (SSSR count). The molecule has 2 aromatic rings. The molecule has 0 saturated carbocycles. The van der Waals surface area contributed by atoms with Crippen molar-refractivity contribution in [1.82, 2.24) is 9.62 Å². The van der Waals surface area contributed by atoms with Gasteiger partial charge in [-0.1, -0.05) is 54.1 Å². The van der Waals surface area contributed by atoms with Gasteiger partial charge in [-0.25, -0.2) is 8.42 Å². The second kappa shape index (κ2) is 9.16. The minimum atomic E-state index is -3.48. The Hall–Kier alpha value is -1.89. The number of halogens is 1. The summed E-state index contributed by atoms with van der Waals surface area (Å²) in [5.74, 6) is -0.342. The van der Waals surface area contributed by atoms with Crippen molar-refractivity contribution in [2.75, 3.05) is 19.3 Å². The molecule has 0 fully saturated rings. The lowest BCUT2D eigenvalue weighted by molar-refractivity contribution is -0.121. The van der Waals surface area contributed by atoms with Gasteiger partial charge in [-0.2, -0.15) is 4.31 Å². The monoisotopic (exact) mass is 394 g/mol. The number of benzene rings is 2. The molecule has 1 amide bonds. The predicted octanol–water partition coefficient (Wildman–Crippen LogP) is 3.02. The van der Waals surface area contributed by atoms with E-state index in [9.17, 15) is 13.2 Å². The van der Waals surface area contributed by atoms with Gasteiger partial charge in [-0.15, -0.1) is 0 Å². The first-order valence-electron chi connectivity index (χ1n) is 8.29. The van der Waals surface area contributed by atoms with Crippen LogP contribution in [-0.2, 0) is 21.2 Å². The Labute approximate surface area is 160 Å². The summed E-state index contributed by atoms with van der Waals surface area (Å²) in [6.45, 7) is 1.89. The minimum Gasteiger partial charge on any atom is -0.348 e. The fourth-order valence-electron chi connectivity index (χ4n) is 2.54. The van der Waals surface area contributed by atoms with Crippen LogP contribution in [0, 0.1) is 0 Å². The van der Waals surface area contributed by atoms with Crippen LogP contribution in [0.25, 0.3) is 0 Å². The molecule has 0 saturated heterocycles. The topological polar surface area (TPSA) is 66.5 Å². The predicted molar refractivity (Wildman–Crippen MR) is 105 cm³/mol. The summed E-state index contributed by atoms with van der Waals surface area (Å²) < 4.78 is 25.2. The molecule has 0 spiro atoms. The number of nitrogens with one attached hydrogen (secondary N) is 1. The smallest absolute Gasteiger partial charge is 0.235 e. The molecule has 5 nitrogen and oxygen atoms in total. The molecule has 0 bridgehead atoms. The summed E-state index contributed by atoms with van der Waals surface area (Å²) in [5, 5.41) is 3.45. The average Bonchev–Trinajstić information content (AvgIpc) is 2.59. The fourth-order valence-corrected chi connectivity index (χ4v) is 3.44. The molecule has 0 aliphatic carbocycles. The zero-order chi connectivity index (χ0) is 19.2. The van der Waals surface area contributed by atoms with Crippen LogP contribution in [0.1, 0.15) is 24.1 Å². The van der Waals surface area contributed by atoms with E-state index in [0.29, 0.717) is 11.4 Å². The van der Waals surface area contributed by atoms with Crippen LogP contribution in [-0.4, -0.2) is 38.0 Å². The van der Waals surface area contributed by atoms with Crippen LogP contribution in [0.15, 0.2) is 54.6 Å². The van der Waals surface area contributed by atoms with Crippen LogP contribution in [0.4, 0.5) is 0 Å². The van der Waals surface area contributed by atoms with Crippen molar-refractivity contribution in [1.29, 1.82) is 0 Å². The molecule has 2 aromatic carbocycles. The lowest BCUT2D eigenvalue weighted by Crippen LogP contribution is -2.41. The van der Waals surface area contributed by atoms with Gasteiger partial charge in [0, 0.05) is 11.6 Å². The largest absolute Gasteiger partial charge is 0.348 e. The fraction of sp³-hybridized carbons (Fsp3) is 0.316. The van der Waals surface area contributed by atoms with Crippen molar-refractivity contribution in [3.8, 4) is 0 Å². The van der Waals surface area contributed by atoms with Crippen molar-refractivity contribution in [2.24, 2.45) is 0 Å². The SMILES string of the molecule is C[C@H](NC(=O)CN(CCc1ccccc1)S(C)(=O)=O)c1ccc(Cl)cc1. The van der Waals surface area contributed by atoms with Crippen molar-refractivity contribution in [3.05, 3.63) is 70.7 Å². The van der Waals surface area contributed by atoms with E-state index >= 15 is 0 Å². The van der Waals surface area contributed by atoms with Crippen molar-refractivity contribution >= 4 is 27.5 Å². The summed E-state index contributed by atoms with van der Waals surface area (Å²) in [6, 6.07) is 16.5. The lowest BCUT2D eigenvalue weighted by atomic mass is 10.1. The average molecular weight is 395 g/mol.